The normalized spacial score (nSPS) is 23.7. The van der Waals surface area contributed by atoms with Gasteiger partial charge in [0.1, 0.15) is 0 Å². The van der Waals surface area contributed by atoms with Gasteiger partial charge in [-0.15, -0.1) is 0 Å². The molecule has 0 spiro atoms. The standard InChI is InChI=1S/C26H26N2O2/c29-18-24-26(22-13-11-21(12-14-22)20-9-5-2-6-10-20)23-16-27(17-25(30)28(23)24)15-19-7-3-1-4-8-19/h1-14,23-24,26,29H,15-18H2/t23-,24+,26+/m0/s1. The van der Waals surface area contributed by atoms with Crippen molar-refractivity contribution < 1.29 is 9.90 Å². The molecule has 3 aromatic rings. The van der Waals surface area contributed by atoms with Gasteiger partial charge in [0.05, 0.1) is 25.2 Å². The third kappa shape index (κ3) is 3.42. The summed E-state index contributed by atoms with van der Waals surface area (Å²) >= 11 is 0. The lowest BCUT2D eigenvalue weighted by molar-refractivity contribution is -0.162. The van der Waals surface area contributed by atoms with E-state index in [1.54, 1.807) is 0 Å². The Kier molecular flexibility index (Phi) is 5.11. The minimum Gasteiger partial charge on any atom is -0.394 e. The van der Waals surface area contributed by atoms with Gasteiger partial charge in [-0.25, -0.2) is 0 Å². The second-order valence-electron chi connectivity index (χ2n) is 8.29. The molecule has 0 aliphatic carbocycles. The van der Waals surface area contributed by atoms with Crippen molar-refractivity contribution >= 4 is 5.91 Å². The molecule has 3 aromatic carbocycles. The maximum absolute atomic E-state index is 12.8. The molecule has 1 N–H and O–H groups in total. The summed E-state index contributed by atoms with van der Waals surface area (Å²) in [5, 5.41) is 10.0. The predicted molar refractivity (Wildman–Crippen MR) is 118 cm³/mol. The first-order chi connectivity index (χ1) is 14.7. The predicted octanol–water partition coefficient (Wildman–Crippen LogP) is 3.52. The van der Waals surface area contributed by atoms with E-state index in [2.05, 4.69) is 53.4 Å². The minimum atomic E-state index is -0.121. The van der Waals surface area contributed by atoms with E-state index >= 15 is 0 Å². The van der Waals surface area contributed by atoms with Crippen LogP contribution >= 0.6 is 0 Å². The van der Waals surface area contributed by atoms with E-state index in [4.69, 9.17) is 0 Å². The molecule has 0 bridgehead atoms. The Labute approximate surface area is 177 Å². The Morgan fingerprint density at radius 2 is 1.47 bits per heavy atom. The zero-order chi connectivity index (χ0) is 20.5. The maximum Gasteiger partial charge on any atom is 0.237 e. The molecule has 2 heterocycles. The monoisotopic (exact) mass is 398 g/mol. The van der Waals surface area contributed by atoms with Gasteiger partial charge in [0.15, 0.2) is 0 Å². The molecule has 2 aliphatic rings. The molecule has 0 radical (unpaired) electrons. The summed E-state index contributed by atoms with van der Waals surface area (Å²) in [6.07, 6.45) is 0. The van der Waals surface area contributed by atoms with Gasteiger partial charge in [0.2, 0.25) is 5.91 Å². The maximum atomic E-state index is 12.8. The third-order valence-corrected chi connectivity index (χ3v) is 6.47. The van der Waals surface area contributed by atoms with Gasteiger partial charge in [-0.1, -0.05) is 84.9 Å². The number of fused-ring (bicyclic) bond motifs is 1. The van der Waals surface area contributed by atoms with Crippen LogP contribution in [-0.2, 0) is 11.3 Å². The summed E-state index contributed by atoms with van der Waals surface area (Å²) in [5.41, 5.74) is 4.80. The number of carbonyl (C=O) groups is 1. The summed E-state index contributed by atoms with van der Waals surface area (Å²) in [7, 11) is 0. The number of rotatable bonds is 5. The zero-order valence-corrected chi connectivity index (χ0v) is 16.9. The van der Waals surface area contributed by atoms with Crippen LogP contribution in [-0.4, -0.2) is 52.6 Å². The second-order valence-corrected chi connectivity index (χ2v) is 8.29. The van der Waals surface area contributed by atoms with Gasteiger partial charge < -0.3 is 10.0 Å². The SMILES string of the molecule is O=C1CN(Cc2ccccc2)C[C@H]2[C@@H](c3ccc(-c4ccccc4)cc3)[C@@H](CO)N12. The summed E-state index contributed by atoms with van der Waals surface area (Å²) in [4.78, 5) is 17.0. The Morgan fingerprint density at radius 1 is 0.833 bits per heavy atom. The Bertz CT molecular complexity index is 1000. The van der Waals surface area contributed by atoms with Gasteiger partial charge in [-0.2, -0.15) is 0 Å². The molecule has 152 valence electrons. The molecule has 0 aromatic heterocycles. The molecular formula is C26H26N2O2. The Hall–Kier alpha value is -2.95. The second kappa shape index (κ2) is 8.05. The van der Waals surface area contributed by atoms with Crippen molar-refractivity contribution in [1.82, 2.24) is 9.80 Å². The Morgan fingerprint density at radius 3 is 2.13 bits per heavy atom. The first kappa shape index (κ1) is 19.0. The topological polar surface area (TPSA) is 43.8 Å². The van der Waals surface area contributed by atoms with E-state index in [1.807, 2.05) is 41.3 Å². The number of piperazine rings is 1. The largest absolute Gasteiger partial charge is 0.394 e. The van der Waals surface area contributed by atoms with Crippen molar-refractivity contribution in [2.24, 2.45) is 0 Å². The van der Waals surface area contributed by atoms with Crippen LogP contribution in [0.4, 0.5) is 0 Å². The lowest BCUT2D eigenvalue weighted by Gasteiger charge is -2.59. The summed E-state index contributed by atoms with van der Waals surface area (Å²) < 4.78 is 0. The minimum absolute atomic E-state index is 0.00598. The number of aliphatic hydroxyl groups is 1. The molecule has 1 amide bonds. The lowest BCUT2D eigenvalue weighted by Crippen LogP contribution is -2.72. The number of nitrogens with zero attached hydrogens (tertiary/aromatic N) is 2. The van der Waals surface area contributed by atoms with E-state index in [1.165, 1.54) is 22.3 Å². The van der Waals surface area contributed by atoms with Crippen molar-refractivity contribution in [3.8, 4) is 11.1 Å². The number of hydrogen-bond acceptors (Lipinski definition) is 3. The van der Waals surface area contributed by atoms with Crippen LogP contribution in [0.3, 0.4) is 0 Å². The van der Waals surface area contributed by atoms with E-state index < -0.39 is 0 Å². The highest BCUT2D eigenvalue weighted by Gasteiger charge is 2.53. The van der Waals surface area contributed by atoms with Gasteiger partial charge in [-0.05, 0) is 22.3 Å². The van der Waals surface area contributed by atoms with Gasteiger partial charge in [-0.3, -0.25) is 9.69 Å². The van der Waals surface area contributed by atoms with Crippen LogP contribution in [0, 0.1) is 0 Å². The molecule has 0 unspecified atom stereocenters. The molecule has 2 fully saturated rings. The number of aliphatic hydroxyl groups excluding tert-OH is 1. The van der Waals surface area contributed by atoms with Crippen molar-refractivity contribution in [2.45, 2.75) is 24.5 Å². The summed E-state index contributed by atoms with van der Waals surface area (Å²) in [6.45, 7) is 2.04. The van der Waals surface area contributed by atoms with Crippen LogP contribution in [0.5, 0.6) is 0 Å². The Balaban J connectivity index is 1.36. The van der Waals surface area contributed by atoms with Crippen LogP contribution < -0.4 is 0 Å². The average Bonchev–Trinajstić information content (AvgIpc) is 2.77. The van der Waals surface area contributed by atoms with Crippen LogP contribution in [0.15, 0.2) is 84.9 Å². The van der Waals surface area contributed by atoms with Crippen molar-refractivity contribution in [3.05, 3.63) is 96.1 Å². The highest BCUT2D eigenvalue weighted by atomic mass is 16.3. The molecule has 3 atom stereocenters. The van der Waals surface area contributed by atoms with Crippen LogP contribution in [0.2, 0.25) is 0 Å². The zero-order valence-electron chi connectivity index (χ0n) is 16.9. The van der Waals surface area contributed by atoms with Crippen molar-refractivity contribution in [3.63, 3.8) is 0 Å². The fourth-order valence-corrected chi connectivity index (χ4v) is 5.06. The number of amides is 1. The van der Waals surface area contributed by atoms with Crippen molar-refractivity contribution in [2.75, 3.05) is 19.7 Å². The highest BCUT2D eigenvalue weighted by molar-refractivity contribution is 5.81. The molecular weight excluding hydrogens is 372 g/mol. The first-order valence-electron chi connectivity index (χ1n) is 10.6. The van der Waals surface area contributed by atoms with Gasteiger partial charge >= 0.3 is 0 Å². The molecule has 4 nitrogen and oxygen atoms in total. The van der Waals surface area contributed by atoms with Gasteiger partial charge in [0, 0.05) is 19.0 Å². The molecule has 5 rings (SSSR count). The summed E-state index contributed by atoms with van der Waals surface area (Å²) in [6, 6.07) is 29.2. The molecule has 0 saturated carbocycles. The highest BCUT2D eigenvalue weighted by Crippen LogP contribution is 2.43. The van der Waals surface area contributed by atoms with E-state index in [9.17, 15) is 9.90 Å². The van der Waals surface area contributed by atoms with E-state index in [-0.39, 0.29) is 30.5 Å². The van der Waals surface area contributed by atoms with Crippen LogP contribution in [0.25, 0.3) is 11.1 Å². The number of carbonyl (C=O) groups excluding carboxylic acids is 1. The molecule has 4 heteroatoms. The van der Waals surface area contributed by atoms with Crippen LogP contribution in [0.1, 0.15) is 17.0 Å². The van der Waals surface area contributed by atoms with E-state index in [0.29, 0.717) is 6.54 Å². The smallest absolute Gasteiger partial charge is 0.237 e. The molecule has 2 saturated heterocycles. The fraction of sp³-hybridized carbons (Fsp3) is 0.269. The molecule has 2 aliphatic heterocycles. The van der Waals surface area contributed by atoms with Crippen molar-refractivity contribution in [1.29, 1.82) is 0 Å². The third-order valence-electron chi connectivity index (χ3n) is 6.47. The van der Waals surface area contributed by atoms with Gasteiger partial charge in [0.25, 0.3) is 0 Å². The molecule has 30 heavy (non-hydrogen) atoms. The fourth-order valence-electron chi connectivity index (χ4n) is 5.06. The number of hydrogen-bond donors (Lipinski definition) is 1. The lowest BCUT2D eigenvalue weighted by atomic mass is 9.73. The first-order valence-corrected chi connectivity index (χ1v) is 10.6. The quantitative estimate of drug-likeness (QED) is 0.715. The number of benzene rings is 3. The summed E-state index contributed by atoms with van der Waals surface area (Å²) in [5.74, 6) is 0.292. The van der Waals surface area contributed by atoms with E-state index in [0.717, 1.165) is 13.1 Å². The average molecular weight is 399 g/mol.